The van der Waals surface area contributed by atoms with E-state index in [-0.39, 0.29) is 18.6 Å². The molecule has 0 aliphatic carbocycles. The molecular formula is C15H23NO4. The number of carbonyl (C=O) groups excluding carboxylic acids is 2. The summed E-state index contributed by atoms with van der Waals surface area (Å²) in [5, 5.41) is 2.78. The van der Waals surface area contributed by atoms with Crippen molar-refractivity contribution in [2.75, 3.05) is 6.61 Å². The van der Waals surface area contributed by atoms with Gasteiger partial charge in [-0.3, -0.25) is 4.79 Å². The molecule has 0 spiro atoms. The molecule has 20 heavy (non-hydrogen) atoms. The van der Waals surface area contributed by atoms with Crippen molar-refractivity contribution in [2.24, 2.45) is 5.92 Å². The van der Waals surface area contributed by atoms with Crippen LogP contribution in [0.2, 0.25) is 0 Å². The van der Waals surface area contributed by atoms with E-state index in [0.717, 1.165) is 5.56 Å². The van der Waals surface area contributed by atoms with Crippen LogP contribution in [0.4, 0.5) is 0 Å². The summed E-state index contributed by atoms with van der Waals surface area (Å²) in [6.45, 7) is 10.9. The molecule has 5 nitrogen and oxygen atoms in total. The second-order valence-corrected chi connectivity index (χ2v) is 5.39. The predicted octanol–water partition coefficient (Wildman–Crippen LogP) is 2.52. The van der Waals surface area contributed by atoms with Crippen LogP contribution in [0.1, 0.15) is 48.2 Å². The normalized spacial score (nSPS) is 12.3. The third kappa shape index (κ3) is 3.85. The highest BCUT2D eigenvalue weighted by molar-refractivity contribution is 5.93. The number of nitrogens with one attached hydrogen (secondary N) is 1. The van der Waals surface area contributed by atoms with E-state index in [4.69, 9.17) is 9.15 Å². The SMILES string of the molecule is Cc1oc(C)c(C(=O)OCC(=O)NC(C)C(C)C)c1C. The van der Waals surface area contributed by atoms with Gasteiger partial charge in [0.05, 0.1) is 0 Å². The van der Waals surface area contributed by atoms with Crippen molar-refractivity contribution >= 4 is 11.9 Å². The summed E-state index contributed by atoms with van der Waals surface area (Å²) in [5.41, 5.74) is 1.16. The molecule has 1 heterocycles. The highest BCUT2D eigenvalue weighted by Gasteiger charge is 2.21. The lowest BCUT2D eigenvalue weighted by Crippen LogP contribution is -2.38. The first-order valence-electron chi connectivity index (χ1n) is 6.77. The first-order valence-corrected chi connectivity index (χ1v) is 6.77. The zero-order valence-corrected chi connectivity index (χ0v) is 13.0. The van der Waals surface area contributed by atoms with Crippen molar-refractivity contribution in [1.82, 2.24) is 5.32 Å². The summed E-state index contributed by atoms with van der Waals surface area (Å²) in [6, 6.07) is 0.0424. The Balaban J connectivity index is 2.58. The largest absolute Gasteiger partial charge is 0.465 e. The molecule has 1 atom stereocenters. The van der Waals surface area contributed by atoms with E-state index in [0.29, 0.717) is 23.0 Å². The smallest absolute Gasteiger partial charge is 0.342 e. The second-order valence-electron chi connectivity index (χ2n) is 5.39. The molecule has 1 unspecified atom stereocenters. The number of hydrogen-bond donors (Lipinski definition) is 1. The Labute approximate surface area is 119 Å². The summed E-state index contributed by atoms with van der Waals surface area (Å²) in [6.07, 6.45) is 0. The molecule has 1 aromatic heterocycles. The van der Waals surface area contributed by atoms with Gasteiger partial charge in [0.1, 0.15) is 17.1 Å². The minimum Gasteiger partial charge on any atom is -0.465 e. The fourth-order valence-electron chi connectivity index (χ4n) is 1.76. The maximum Gasteiger partial charge on any atom is 0.342 e. The summed E-state index contributed by atoms with van der Waals surface area (Å²) >= 11 is 0. The van der Waals surface area contributed by atoms with Gasteiger partial charge in [-0.15, -0.1) is 0 Å². The zero-order valence-electron chi connectivity index (χ0n) is 13.0. The molecular weight excluding hydrogens is 258 g/mol. The van der Waals surface area contributed by atoms with Gasteiger partial charge in [0.25, 0.3) is 5.91 Å². The third-order valence-corrected chi connectivity index (χ3v) is 3.49. The lowest BCUT2D eigenvalue weighted by atomic mass is 10.1. The number of amides is 1. The van der Waals surface area contributed by atoms with Crippen LogP contribution in [0.25, 0.3) is 0 Å². The van der Waals surface area contributed by atoms with Gasteiger partial charge in [-0.1, -0.05) is 13.8 Å². The van der Waals surface area contributed by atoms with E-state index in [2.05, 4.69) is 5.32 Å². The lowest BCUT2D eigenvalue weighted by Gasteiger charge is -2.17. The average molecular weight is 281 g/mol. The molecule has 112 valence electrons. The number of hydrogen-bond acceptors (Lipinski definition) is 4. The van der Waals surface area contributed by atoms with Gasteiger partial charge < -0.3 is 14.5 Å². The summed E-state index contributed by atoms with van der Waals surface area (Å²) in [4.78, 5) is 23.6. The van der Waals surface area contributed by atoms with Gasteiger partial charge in [0, 0.05) is 11.6 Å². The van der Waals surface area contributed by atoms with Crippen molar-refractivity contribution in [2.45, 2.75) is 47.6 Å². The molecule has 0 saturated carbocycles. The predicted molar refractivity (Wildman–Crippen MR) is 75.6 cm³/mol. The highest BCUT2D eigenvalue weighted by Crippen LogP contribution is 2.21. The maximum absolute atomic E-state index is 12.0. The Morgan fingerprint density at radius 3 is 2.20 bits per heavy atom. The van der Waals surface area contributed by atoms with Crippen LogP contribution >= 0.6 is 0 Å². The quantitative estimate of drug-likeness (QED) is 0.842. The lowest BCUT2D eigenvalue weighted by molar-refractivity contribution is -0.125. The van der Waals surface area contributed by atoms with Gasteiger partial charge in [-0.25, -0.2) is 4.79 Å². The minimum absolute atomic E-state index is 0.0424. The minimum atomic E-state index is -0.524. The monoisotopic (exact) mass is 281 g/mol. The standard InChI is InChI=1S/C15H23NO4/c1-8(2)10(4)16-13(17)7-19-15(18)14-9(3)11(5)20-12(14)6/h8,10H,7H2,1-6H3,(H,16,17). The van der Waals surface area contributed by atoms with Gasteiger partial charge >= 0.3 is 5.97 Å². The third-order valence-electron chi connectivity index (χ3n) is 3.49. The van der Waals surface area contributed by atoms with E-state index in [1.165, 1.54) is 0 Å². The van der Waals surface area contributed by atoms with Crippen LogP contribution in [-0.2, 0) is 9.53 Å². The van der Waals surface area contributed by atoms with Crippen LogP contribution < -0.4 is 5.32 Å². The van der Waals surface area contributed by atoms with Crippen molar-refractivity contribution < 1.29 is 18.7 Å². The molecule has 0 aliphatic rings. The molecule has 0 aromatic carbocycles. The van der Waals surface area contributed by atoms with E-state index in [9.17, 15) is 9.59 Å². The number of rotatable bonds is 5. The van der Waals surface area contributed by atoms with Crippen molar-refractivity contribution in [1.29, 1.82) is 0 Å². The van der Waals surface area contributed by atoms with Gasteiger partial charge in [-0.2, -0.15) is 0 Å². The number of carbonyl (C=O) groups is 2. The molecule has 0 bridgehead atoms. The summed E-state index contributed by atoms with van der Waals surface area (Å²) in [7, 11) is 0. The van der Waals surface area contributed by atoms with E-state index >= 15 is 0 Å². The fraction of sp³-hybridized carbons (Fsp3) is 0.600. The fourth-order valence-corrected chi connectivity index (χ4v) is 1.76. The van der Waals surface area contributed by atoms with Crippen molar-refractivity contribution in [3.05, 3.63) is 22.6 Å². The molecule has 0 saturated heterocycles. The Bertz CT molecular complexity index is 502. The first kappa shape index (κ1) is 16.3. The van der Waals surface area contributed by atoms with E-state index in [1.807, 2.05) is 20.8 Å². The van der Waals surface area contributed by atoms with Gasteiger partial charge in [0.15, 0.2) is 6.61 Å². The van der Waals surface area contributed by atoms with Crippen LogP contribution in [-0.4, -0.2) is 24.5 Å². The van der Waals surface area contributed by atoms with Crippen molar-refractivity contribution in [3.8, 4) is 0 Å². The topological polar surface area (TPSA) is 68.5 Å². The molecule has 1 N–H and O–H groups in total. The second kappa shape index (κ2) is 6.59. The Morgan fingerprint density at radius 2 is 1.75 bits per heavy atom. The highest BCUT2D eigenvalue weighted by atomic mass is 16.5. The molecule has 0 aliphatic heterocycles. The Morgan fingerprint density at radius 1 is 1.15 bits per heavy atom. The molecule has 1 rings (SSSR count). The molecule has 0 fully saturated rings. The molecule has 1 aromatic rings. The van der Waals surface area contributed by atoms with Crippen LogP contribution in [0.5, 0.6) is 0 Å². The number of furan rings is 1. The number of esters is 1. The average Bonchev–Trinajstić information content (AvgIpc) is 2.60. The van der Waals surface area contributed by atoms with Crippen LogP contribution in [0, 0.1) is 26.7 Å². The first-order chi connectivity index (χ1) is 9.23. The maximum atomic E-state index is 12.0. The molecule has 1 amide bonds. The zero-order chi connectivity index (χ0) is 15.4. The van der Waals surface area contributed by atoms with E-state index < -0.39 is 5.97 Å². The summed E-state index contributed by atoms with van der Waals surface area (Å²) < 4.78 is 10.4. The summed E-state index contributed by atoms with van der Waals surface area (Å²) in [5.74, 6) is 0.711. The number of ether oxygens (including phenoxy) is 1. The number of aryl methyl sites for hydroxylation is 2. The van der Waals surface area contributed by atoms with Crippen LogP contribution in [0.15, 0.2) is 4.42 Å². The molecule has 0 radical (unpaired) electrons. The van der Waals surface area contributed by atoms with Gasteiger partial charge in [0.2, 0.25) is 0 Å². The Kier molecular flexibility index (Phi) is 5.36. The van der Waals surface area contributed by atoms with Crippen molar-refractivity contribution in [3.63, 3.8) is 0 Å². The molecule has 5 heteroatoms. The van der Waals surface area contributed by atoms with E-state index in [1.54, 1.807) is 20.8 Å². The van der Waals surface area contributed by atoms with Gasteiger partial charge in [-0.05, 0) is 33.6 Å². The van der Waals surface area contributed by atoms with Crippen LogP contribution in [0.3, 0.4) is 0 Å². The Hall–Kier alpha value is -1.78.